The lowest BCUT2D eigenvalue weighted by molar-refractivity contribution is 0.365. The SMILES string of the molecule is CS(=O)(=O)N(CC(CCc1ccccc1)N(S(C)(=O)=O)S(C)(=O)=O)S(C)(=O)=O. The summed E-state index contributed by atoms with van der Waals surface area (Å²) in [5.41, 5.74) is 0.750. The molecule has 0 fully saturated rings. The Morgan fingerprint density at radius 3 is 1.50 bits per heavy atom. The average molecular weight is 477 g/mol. The Bertz CT molecular complexity index is 1030. The minimum Gasteiger partial charge on any atom is -0.212 e. The first-order valence-electron chi connectivity index (χ1n) is 7.85. The van der Waals surface area contributed by atoms with Gasteiger partial charge in [-0.05, 0) is 18.4 Å². The summed E-state index contributed by atoms with van der Waals surface area (Å²) in [7, 11) is -17.3. The summed E-state index contributed by atoms with van der Waals surface area (Å²) < 4.78 is 96.6. The number of hydrogen-bond acceptors (Lipinski definition) is 8. The van der Waals surface area contributed by atoms with Gasteiger partial charge in [0.15, 0.2) is 0 Å². The Labute approximate surface area is 167 Å². The van der Waals surface area contributed by atoms with Crippen molar-refractivity contribution >= 4 is 40.1 Å². The van der Waals surface area contributed by atoms with E-state index < -0.39 is 52.7 Å². The van der Waals surface area contributed by atoms with E-state index in [-0.39, 0.29) is 20.3 Å². The Morgan fingerprint density at radius 2 is 1.14 bits per heavy atom. The molecule has 0 radical (unpaired) electrons. The van der Waals surface area contributed by atoms with Crippen molar-refractivity contribution in [1.29, 1.82) is 0 Å². The van der Waals surface area contributed by atoms with Gasteiger partial charge in [-0.3, -0.25) is 0 Å². The third kappa shape index (κ3) is 7.40. The molecule has 0 saturated heterocycles. The van der Waals surface area contributed by atoms with Crippen LogP contribution in [0.4, 0.5) is 0 Å². The molecule has 0 bridgehead atoms. The van der Waals surface area contributed by atoms with Gasteiger partial charge in [-0.1, -0.05) is 37.8 Å². The maximum atomic E-state index is 12.1. The summed E-state index contributed by atoms with van der Waals surface area (Å²) in [4.78, 5) is 0. The molecular weight excluding hydrogens is 452 g/mol. The molecule has 162 valence electrons. The van der Waals surface area contributed by atoms with Crippen LogP contribution in [0.25, 0.3) is 0 Å². The van der Waals surface area contributed by atoms with Crippen LogP contribution >= 0.6 is 0 Å². The molecule has 0 heterocycles. The molecule has 28 heavy (non-hydrogen) atoms. The topological polar surface area (TPSA) is 143 Å². The van der Waals surface area contributed by atoms with E-state index in [0.29, 0.717) is 25.0 Å². The maximum absolute atomic E-state index is 12.1. The van der Waals surface area contributed by atoms with Crippen molar-refractivity contribution in [3.8, 4) is 0 Å². The second-order valence-electron chi connectivity index (χ2n) is 6.41. The van der Waals surface area contributed by atoms with E-state index >= 15 is 0 Å². The van der Waals surface area contributed by atoms with Crippen LogP contribution in [0.5, 0.6) is 0 Å². The van der Waals surface area contributed by atoms with E-state index in [0.717, 1.165) is 5.56 Å². The van der Waals surface area contributed by atoms with Gasteiger partial charge < -0.3 is 0 Å². The van der Waals surface area contributed by atoms with Crippen LogP contribution in [0.3, 0.4) is 0 Å². The molecule has 0 aromatic heterocycles. The monoisotopic (exact) mass is 476 g/mol. The molecule has 0 aliphatic heterocycles. The molecule has 1 rings (SSSR count). The van der Waals surface area contributed by atoms with Crippen LogP contribution in [0.15, 0.2) is 30.3 Å². The molecule has 10 nitrogen and oxygen atoms in total. The van der Waals surface area contributed by atoms with Gasteiger partial charge in [0.05, 0.1) is 31.1 Å². The molecule has 1 aromatic rings. The number of sulfonamides is 4. The molecule has 0 amide bonds. The zero-order chi connectivity index (χ0) is 22.0. The highest BCUT2D eigenvalue weighted by molar-refractivity contribution is 8.04. The van der Waals surface area contributed by atoms with E-state index in [1.54, 1.807) is 30.3 Å². The normalized spacial score (nSPS) is 15.1. The van der Waals surface area contributed by atoms with Gasteiger partial charge in [-0.15, -0.1) is 0 Å². The highest BCUT2D eigenvalue weighted by Gasteiger charge is 2.39. The number of aryl methyl sites for hydroxylation is 1. The molecule has 1 unspecified atom stereocenters. The molecule has 0 saturated carbocycles. The van der Waals surface area contributed by atoms with Crippen molar-refractivity contribution in [3.63, 3.8) is 0 Å². The molecule has 1 aromatic carbocycles. The average Bonchev–Trinajstić information content (AvgIpc) is 2.45. The van der Waals surface area contributed by atoms with E-state index in [1.165, 1.54) is 0 Å². The van der Waals surface area contributed by atoms with Gasteiger partial charge in [-0.2, -0.15) is 0 Å². The standard InChI is InChI=1S/C14H24N2O8S4/c1-25(17,18)15(26(2,19)20)12-14(11-10-13-8-6-5-7-9-13)16(27(3,21)22)28(4,23)24/h5-9,14H,10-12H2,1-4H3. The van der Waals surface area contributed by atoms with Crippen LogP contribution in [-0.4, -0.2) is 78.7 Å². The van der Waals surface area contributed by atoms with Crippen LogP contribution in [0.1, 0.15) is 12.0 Å². The summed E-state index contributed by atoms with van der Waals surface area (Å²) in [6, 6.07) is 7.23. The third-order valence-corrected chi connectivity index (χ3v) is 10.6. The zero-order valence-corrected chi connectivity index (χ0v) is 19.1. The van der Waals surface area contributed by atoms with Crippen LogP contribution in [-0.2, 0) is 46.5 Å². The smallest absolute Gasteiger partial charge is 0.212 e. The van der Waals surface area contributed by atoms with Crippen molar-refractivity contribution in [2.45, 2.75) is 18.9 Å². The molecular formula is C14H24N2O8S4. The summed E-state index contributed by atoms with van der Waals surface area (Å²) in [6.07, 6.45) is 2.70. The number of benzene rings is 1. The zero-order valence-electron chi connectivity index (χ0n) is 15.9. The van der Waals surface area contributed by atoms with Crippen LogP contribution < -0.4 is 0 Å². The van der Waals surface area contributed by atoms with E-state index in [1.807, 2.05) is 0 Å². The Kier molecular flexibility index (Phi) is 7.81. The minimum absolute atomic E-state index is 0.110. The molecule has 0 spiro atoms. The van der Waals surface area contributed by atoms with Crippen molar-refractivity contribution in [1.82, 2.24) is 7.42 Å². The lowest BCUT2D eigenvalue weighted by Gasteiger charge is -2.30. The molecule has 1 atom stereocenters. The predicted octanol–water partition coefficient (Wildman–Crippen LogP) is -0.570. The van der Waals surface area contributed by atoms with Crippen molar-refractivity contribution in [2.75, 3.05) is 31.6 Å². The van der Waals surface area contributed by atoms with Gasteiger partial charge in [0, 0.05) is 6.54 Å². The highest BCUT2D eigenvalue weighted by Crippen LogP contribution is 2.20. The van der Waals surface area contributed by atoms with E-state index in [4.69, 9.17) is 0 Å². The van der Waals surface area contributed by atoms with Crippen molar-refractivity contribution in [2.24, 2.45) is 0 Å². The maximum Gasteiger partial charge on any atom is 0.224 e. The van der Waals surface area contributed by atoms with Crippen LogP contribution in [0, 0.1) is 0 Å². The first kappa shape index (κ1) is 25.0. The predicted molar refractivity (Wildman–Crippen MR) is 106 cm³/mol. The van der Waals surface area contributed by atoms with Gasteiger partial charge in [0.1, 0.15) is 0 Å². The lowest BCUT2D eigenvalue weighted by Crippen LogP contribution is -2.51. The summed E-state index contributed by atoms with van der Waals surface area (Å²) >= 11 is 0. The van der Waals surface area contributed by atoms with Crippen molar-refractivity contribution < 1.29 is 33.7 Å². The highest BCUT2D eigenvalue weighted by atomic mass is 32.3. The first-order chi connectivity index (χ1) is 12.4. The summed E-state index contributed by atoms with van der Waals surface area (Å²) in [5, 5.41) is 0. The fourth-order valence-electron chi connectivity index (χ4n) is 2.72. The largest absolute Gasteiger partial charge is 0.224 e. The van der Waals surface area contributed by atoms with E-state index in [2.05, 4.69) is 0 Å². The molecule has 0 aliphatic rings. The van der Waals surface area contributed by atoms with Crippen LogP contribution in [0.2, 0.25) is 0 Å². The number of hydrogen-bond donors (Lipinski definition) is 0. The van der Waals surface area contributed by atoms with Gasteiger partial charge in [0.2, 0.25) is 40.1 Å². The number of nitrogens with zero attached hydrogens (tertiary/aromatic N) is 2. The molecule has 0 N–H and O–H groups in total. The number of rotatable bonds is 10. The Morgan fingerprint density at radius 1 is 0.714 bits per heavy atom. The molecule has 0 aliphatic carbocycles. The van der Waals surface area contributed by atoms with Gasteiger partial charge >= 0.3 is 0 Å². The van der Waals surface area contributed by atoms with Gasteiger partial charge in [0.25, 0.3) is 0 Å². The fraction of sp³-hybridized carbons (Fsp3) is 0.571. The summed E-state index contributed by atoms with van der Waals surface area (Å²) in [6.45, 7) is -0.857. The lowest BCUT2D eigenvalue weighted by atomic mass is 10.1. The fourth-order valence-corrected chi connectivity index (χ4v) is 8.97. The second-order valence-corrected chi connectivity index (χ2v) is 14.4. The minimum atomic E-state index is -4.33. The van der Waals surface area contributed by atoms with Gasteiger partial charge in [-0.25, -0.2) is 33.7 Å². The van der Waals surface area contributed by atoms with Crippen molar-refractivity contribution in [3.05, 3.63) is 35.9 Å². The van der Waals surface area contributed by atoms with E-state index in [9.17, 15) is 33.7 Å². The third-order valence-electron chi connectivity index (χ3n) is 3.66. The Hall–Kier alpha value is -1.06. The Balaban J connectivity index is 3.45. The quantitative estimate of drug-likeness (QED) is 0.437. The first-order valence-corrected chi connectivity index (χ1v) is 15.2. The summed E-state index contributed by atoms with van der Waals surface area (Å²) in [5.74, 6) is 0. The second kappa shape index (κ2) is 8.75. The molecule has 14 heteroatoms.